The number of amides is 1. The molecule has 0 unspecified atom stereocenters. The molecule has 7 heteroatoms. The minimum atomic E-state index is 0.0137. The number of anilines is 2. The van der Waals surface area contributed by atoms with E-state index < -0.39 is 0 Å². The number of benzene rings is 2. The van der Waals surface area contributed by atoms with Gasteiger partial charge in [-0.1, -0.05) is 12.1 Å². The molecule has 2 aliphatic heterocycles. The lowest BCUT2D eigenvalue weighted by Crippen LogP contribution is -3.15. The van der Waals surface area contributed by atoms with Crippen LogP contribution in [0.5, 0.6) is 17.2 Å². The summed E-state index contributed by atoms with van der Waals surface area (Å²) in [6.45, 7) is 7.82. The van der Waals surface area contributed by atoms with E-state index in [9.17, 15) is 4.79 Å². The molecule has 0 radical (unpaired) electrons. The molecule has 2 aromatic rings. The van der Waals surface area contributed by atoms with Gasteiger partial charge in [0.15, 0.2) is 18.0 Å². The number of nitrogens with zero attached hydrogens (tertiary/aromatic N) is 1. The zero-order valence-electron chi connectivity index (χ0n) is 16.8. The van der Waals surface area contributed by atoms with Gasteiger partial charge in [0.1, 0.15) is 19.0 Å². The first-order valence-electron chi connectivity index (χ1n) is 10.2. The maximum absolute atomic E-state index is 12.5. The summed E-state index contributed by atoms with van der Waals surface area (Å²) in [5, 5.41) is 2.98. The van der Waals surface area contributed by atoms with E-state index in [0.29, 0.717) is 32.1 Å². The van der Waals surface area contributed by atoms with Gasteiger partial charge in [-0.2, -0.15) is 0 Å². The largest absolute Gasteiger partial charge is 0.492 e. The lowest BCUT2D eigenvalue weighted by atomic mass is 10.2. The van der Waals surface area contributed by atoms with Gasteiger partial charge in [0, 0.05) is 11.8 Å². The fraction of sp³-hybridized carbons (Fsp3) is 0.409. The van der Waals surface area contributed by atoms with Crippen LogP contribution >= 0.6 is 0 Å². The van der Waals surface area contributed by atoms with Crippen molar-refractivity contribution in [2.75, 3.05) is 62.8 Å². The summed E-state index contributed by atoms with van der Waals surface area (Å²) in [5.74, 6) is 2.35. The van der Waals surface area contributed by atoms with E-state index in [1.165, 1.54) is 4.90 Å². The number of hydrogen-bond donors (Lipinski definition) is 2. The number of fused-ring (bicyclic) bond motifs is 1. The van der Waals surface area contributed by atoms with Gasteiger partial charge in [0.05, 0.1) is 38.5 Å². The van der Waals surface area contributed by atoms with Crippen LogP contribution < -0.4 is 29.3 Å². The van der Waals surface area contributed by atoms with Crippen molar-refractivity contribution in [1.29, 1.82) is 0 Å². The Morgan fingerprint density at radius 2 is 1.86 bits per heavy atom. The molecule has 2 N–H and O–H groups in total. The van der Waals surface area contributed by atoms with E-state index in [-0.39, 0.29) is 5.91 Å². The number of para-hydroxylation sites is 2. The smallest absolute Gasteiger partial charge is 0.279 e. The van der Waals surface area contributed by atoms with Gasteiger partial charge >= 0.3 is 0 Å². The number of ether oxygens (including phenoxy) is 3. The molecule has 1 amide bonds. The molecule has 1 fully saturated rings. The number of hydrogen-bond acceptors (Lipinski definition) is 5. The van der Waals surface area contributed by atoms with Crippen LogP contribution in [0.3, 0.4) is 0 Å². The highest BCUT2D eigenvalue weighted by Crippen LogP contribution is 2.32. The molecule has 2 aromatic carbocycles. The molecule has 29 heavy (non-hydrogen) atoms. The van der Waals surface area contributed by atoms with Gasteiger partial charge in [0.2, 0.25) is 0 Å². The van der Waals surface area contributed by atoms with Crippen molar-refractivity contribution in [3.05, 3.63) is 42.5 Å². The van der Waals surface area contributed by atoms with Crippen LogP contribution in [0.1, 0.15) is 6.92 Å². The molecule has 4 rings (SSSR count). The molecule has 0 aliphatic carbocycles. The normalized spacial score (nSPS) is 16.4. The molecule has 0 saturated carbocycles. The topological polar surface area (TPSA) is 64.5 Å². The first kappa shape index (κ1) is 19.4. The first-order chi connectivity index (χ1) is 14.2. The monoisotopic (exact) mass is 398 g/mol. The lowest BCUT2D eigenvalue weighted by molar-refractivity contribution is -0.892. The van der Waals surface area contributed by atoms with E-state index in [1.54, 1.807) is 0 Å². The summed E-state index contributed by atoms with van der Waals surface area (Å²) >= 11 is 0. The van der Waals surface area contributed by atoms with Crippen molar-refractivity contribution >= 4 is 17.3 Å². The summed E-state index contributed by atoms with van der Waals surface area (Å²) in [6, 6.07) is 13.7. The number of carbonyl (C=O) groups excluding carboxylic acids is 1. The minimum Gasteiger partial charge on any atom is -0.492 e. The number of carbonyl (C=O) groups is 1. The molecule has 1 saturated heterocycles. The van der Waals surface area contributed by atoms with Gasteiger partial charge in [-0.25, -0.2) is 0 Å². The fourth-order valence-electron chi connectivity index (χ4n) is 3.79. The van der Waals surface area contributed by atoms with Gasteiger partial charge in [-0.05, 0) is 31.2 Å². The molecule has 0 aromatic heterocycles. The maximum Gasteiger partial charge on any atom is 0.279 e. The van der Waals surface area contributed by atoms with E-state index in [0.717, 1.165) is 49.1 Å². The minimum absolute atomic E-state index is 0.0137. The second-order valence-electron chi connectivity index (χ2n) is 7.22. The van der Waals surface area contributed by atoms with Gasteiger partial charge in [-0.3, -0.25) is 4.79 Å². The second-order valence-corrected chi connectivity index (χ2v) is 7.22. The van der Waals surface area contributed by atoms with Crippen LogP contribution in [0.25, 0.3) is 0 Å². The SMILES string of the molecule is CCOc1ccccc1N1CC[NH+](CC(=O)Nc2ccc3c(c2)OCCO3)CC1. The molecule has 7 nitrogen and oxygen atoms in total. The van der Waals surface area contributed by atoms with Crippen molar-refractivity contribution in [3.8, 4) is 17.2 Å². The van der Waals surface area contributed by atoms with Crippen LogP contribution in [-0.4, -0.2) is 58.5 Å². The Morgan fingerprint density at radius 3 is 2.66 bits per heavy atom. The van der Waals surface area contributed by atoms with E-state index in [1.807, 2.05) is 43.3 Å². The predicted molar refractivity (Wildman–Crippen MR) is 111 cm³/mol. The van der Waals surface area contributed by atoms with Crippen LogP contribution in [0.4, 0.5) is 11.4 Å². The molecule has 2 heterocycles. The average Bonchev–Trinajstić information content (AvgIpc) is 2.75. The number of rotatable bonds is 6. The Balaban J connectivity index is 1.29. The summed E-state index contributed by atoms with van der Waals surface area (Å²) in [4.78, 5) is 16.1. The summed E-state index contributed by atoms with van der Waals surface area (Å²) < 4.78 is 16.9. The third-order valence-corrected chi connectivity index (χ3v) is 5.21. The van der Waals surface area contributed by atoms with Gasteiger partial charge in [-0.15, -0.1) is 0 Å². The molecular formula is C22H28N3O4+. The van der Waals surface area contributed by atoms with E-state index in [4.69, 9.17) is 14.2 Å². The van der Waals surface area contributed by atoms with Gasteiger partial charge in [0.25, 0.3) is 5.91 Å². The van der Waals surface area contributed by atoms with Crippen molar-refractivity contribution in [1.82, 2.24) is 0 Å². The van der Waals surface area contributed by atoms with Crippen molar-refractivity contribution < 1.29 is 23.9 Å². The lowest BCUT2D eigenvalue weighted by Gasteiger charge is -2.34. The Labute approximate surface area is 171 Å². The van der Waals surface area contributed by atoms with Crippen molar-refractivity contribution in [3.63, 3.8) is 0 Å². The number of nitrogens with one attached hydrogen (secondary N) is 2. The fourth-order valence-corrected chi connectivity index (χ4v) is 3.79. The predicted octanol–water partition coefficient (Wildman–Crippen LogP) is 1.20. The molecular weight excluding hydrogens is 370 g/mol. The highest BCUT2D eigenvalue weighted by atomic mass is 16.6. The third-order valence-electron chi connectivity index (χ3n) is 5.21. The molecule has 2 aliphatic rings. The quantitative estimate of drug-likeness (QED) is 0.766. The van der Waals surface area contributed by atoms with Crippen LogP contribution in [0.15, 0.2) is 42.5 Å². The summed E-state index contributed by atoms with van der Waals surface area (Å²) in [5.41, 5.74) is 1.87. The van der Waals surface area contributed by atoms with Crippen molar-refractivity contribution in [2.45, 2.75) is 6.92 Å². The van der Waals surface area contributed by atoms with Gasteiger partial charge < -0.3 is 29.3 Å². The number of piperazine rings is 1. The van der Waals surface area contributed by atoms with Crippen LogP contribution in [-0.2, 0) is 4.79 Å². The standard InChI is InChI=1S/C22H27N3O4/c1-2-27-19-6-4-3-5-18(19)25-11-9-24(10-12-25)16-22(26)23-17-7-8-20-21(15-17)29-14-13-28-20/h3-8,15H,2,9-14,16H2,1H3,(H,23,26)/p+1. The Bertz CT molecular complexity index is 850. The number of quaternary nitrogens is 1. The summed E-state index contributed by atoms with van der Waals surface area (Å²) in [6.07, 6.45) is 0. The Hall–Kier alpha value is -2.93. The zero-order chi connectivity index (χ0) is 20.1. The van der Waals surface area contributed by atoms with Crippen molar-refractivity contribution in [2.24, 2.45) is 0 Å². The van der Waals surface area contributed by atoms with E-state index in [2.05, 4.69) is 16.3 Å². The Morgan fingerprint density at radius 1 is 1.10 bits per heavy atom. The first-order valence-corrected chi connectivity index (χ1v) is 10.2. The zero-order valence-corrected chi connectivity index (χ0v) is 16.8. The third kappa shape index (κ3) is 4.74. The second kappa shape index (κ2) is 9.05. The van der Waals surface area contributed by atoms with Crippen LogP contribution in [0, 0.1) is 0 Å². The highest BCUT2D eigenvalue weighted by molar-refractivity contribution is 5.91. The summed E-state index contributed by atoms with van der Waals surface area (Å²) in [7, 11) is 0. The molecule has 154 valence electrons. The average molecular weight is 398 g/mol. The van der Waals surface area contributed by atoms with Crippen LogP contribution in [0.2, 0.25) is 0 Å². The molecule has 0 bridgehead atoms. The molecule has 0 atom stereocenters. The van der Waals surface area contributed by atoms with E-state index >= 15 is 0 Å². The molecule has 0 spiro atoms. The maximum atomic E-state index is 12.5. The Kier molecular flexibility index (Phi) is 6.05. The highest BCUT2D eigenvalue weighted by Gasteiger charge is 2.24.